The molecule has 0 fully saturated rings. The van der Waals surface area contributed by atoms with E-state index in [1.54, 1.807) is 19.1 Å². The normalized spacial score (nSPS) is 13.2. The number of benzene rings is 1. The molecule has 19 heavy (non-hydrogen) atoms. The summed E-state index contributed by atoms with van der Waals surface area (Å²) in [7, 11) is 0. The summed E-state index contributed by atoms with van der Waals surface area (Å²) < 4.78 is 0. The first-order chi connectivity index (χ1) is 9.08. The van der Waals surface area contributed by atoms with Crippen molar-refractivity contribution in [3.63, 3.8) is 0 Å². The SMILES string of the molecule is C[C@@H](O)CCC(=O)N=Nc1c(O)[nH]c2ccccc12. The molecule has 1 aromatic heterocycles. The second-order valence-corrected chi connectivity index (χ2v) is 4.35. The van der Waals surface area contributed by atoms with Crippen molar-refractivity contribution in [3.8, 4) is 5.88 Å². The van der Waals surface area contributed by atoms with Gasteiger partial charge in [0, 0.05) is 11.8 Å². The minimum absolute atomic E-state index is 0.117. The Morgan fingerprint density at radius 3 is 2.89 bits per heavy atom. The van der Waals surface area contributed by atoms with Crippen LogP contribution < -0.4 is 0 Å². The van der Waals surface area contributed by atoms with Crippen LogP contribution in [-0.2, 0) is 4.79 Å². The lowest BCUT2D eigenvalue weighted by Crippen LogP contribution is -2.02. The van der Waals surface area contributed by atoms with Gasteiger partial charge in [0.05, 0.1) is 11.6 Å². The maximum Gasteiger partial charge on any atom is 0.264 e. The van der Waals surface area contributed by atoms with Gasteiger partial charge < -0.3 is 15.2 Å². The number of aliphatic hydroxyl groups is 1. The molecular weight excluding hydrogens is 246 g/mol. The zero-order valence-corrected chi connectivity index (χ0v) is 10.5. The zero-order chi connectivity index (χ0) is 13.8. The van der Waals surface area contributed by atoms with Gasteiger partial charge >= 0.3 is 0 Å². The molecule has 6 heteroatoms. The molecular formula is C13H15N3O3. The highest BCUT2D eigenvalue weighted by molar-refractivity contribution is 5.94. The standard InChI is InChI=1S/C13H15N3O3/c1-8(17)6-7-11(18)15-16-12-9-4-2-3-5-10(9)14-13(12)19/h2-5,8,14,17,19H,6-7H2,1H3/t8-/m1/s1. The molecule has 2 aromatic rings. The lowest BCUT2D eigenvalue weighted by atomic mass is 10.2. The van der Waals surface area contributed by atoms with Crippen molar-refractivity contribution in [2.75, 3.05) is 0 Å². The van der Waals surface area contributed by atoms with E-state index in [4.69, 9.17) is 5.11 Å². The summed E-state index contributed by atoms with van der Waals surface area (Å²) in [5, 5.41) is 26.8. The zero-order valence-electron chi connectivity index (χ0n) is 10.5. The van der Waals surface area contributed by atoms with Gasteiger partial charge in [-0.15, -0.1) is 10.2 Å². The van der Waals surface area contributed by atoms with Gasteiger partial charge in [0.2, 0.25) is 5.88 Å². The van der Waals surface area contributed by atoms with Gasteiger partial charge in [-0.2, -0.15) is 0 Å². The van der Waals surface area contributed by atoms with Gasteiger partial charge in [-0.25, -0.2) is 0 Å². The van der Waals surface area contributed by atoms with Crippen molar-refractivity contribution in [1.29, 1.82) is 0 Å². The summed E-state index contributed by atoms with van der Waals surface area (Å²) in [5.41, 5.74) is 0.978. The minimum Gasteiger partial charge on any atom is -0.493 e. The second-order valence-electron chi connectivity index (χ2n) is 4.35. The number of carbonyl (C=O) groups excluding carboxylic acids is 1. The number of hydrogen-bond acceptors (Lipinski definition) is 4. The molecule has 1 amide bonds. The predicted molar refractivity (Wildman–Crippen MR) is 70.4 cm³/mol. The van der Waals surface area contributed by atoms with E-state index >= 15 is 0 Å². The number of rotatable bonds is 4. The smallest absolute Gasteiger partial charge is 0.264 e. The highest BCUT2D eigenvalue weighted by atomic mass is 16.3. The molecule has 0 saturated heterocycles. The Kier molecular flexibility index (Phi) is 3.91. The molecule has 3 N–H and O–H groups in total. The second kappa shape index (κ2) is 5.62. The molecule has 1 heterocycles. The molecule has 0 spiro atoms. The van der Waals surface area contributed by atoms with Crippen LogP contribution in [0.4, 0.5) is 5.69 Å². The number of azo groups is 1. The van der Waals surface area contributed by atoms with Crippen molar-refractivity contribution in [3.05, 3.63) is 24.3 Å². The highest BCUT2D eigenvalue weighted by Gasteiger charge is 2.10. The summed E-state index contributed by atoms with van der Waals surface area (Å²) in [4.78, 5) is 14.2. The van der Waals surface area contributed by atoms with Gasteiger partial charge in [0.15, 0.2) is 5.69 Å². The first kappa shape index (κ1) is 13.2. The molecule has 0 aliphatic carbocycles. The van der Waals surface area contributed by atoms with E-state index < -0.39 is 12.0 Å². The van der Waals surface area contributed by atoms with E-state index in [0.717, 1.165) is 5.52 Å². The molecule has 0 saturated carbocycles. The molecule has 0 aliphatic heterocycles. The average molecular weight is 261 g/mol. The van der Waals surface area contributed by atoms with Gasteiger partial charge in [-0.05, 0) is 19.4 Å². The number of aromatic nitrogens is 1. The summed E-state index contributed by atoms with van der Waals surface area (Å²) in [6.07, 6.45) is -0.0669. The predicted octanol–water partition coefficient (Wildman–Crippen LogP) is 2.64. The summed E-state index contributed by atoms with van der Waals surface area (Å²) >= 11 is 0. The first-order valence-corrected chi connectivity index (χ1v) is 6.00. The third-order valence-corrected chi connectivity index (χ3v) is 2.70. The van der Waals surface area contributed by atoms with Crippen LogP contribution in [0.3, 0.4) is 0 Å². The Labute approximate surface area is 109 Å². The molecule has 0 bridgehead atoms. The number of amides is 1. The van der Waals surface area contributed by atoms with Gasteiger partial charge in [-0.1, -0.05) is 18.2 Å². The number of aromatic hydroxyl groups is 1. The summed E-state index contributed by atoms with van der Waals surface area (Å²) in [5.74, 6) is -0.543. The van der Waals surface area contributed by atoms with Crippen LogP contribution in [0.2, 0.25) is 0 Å². The molecule has 0 radical (unpaired) electrons. The van der Waals surface area contributed by atoms with E-state index in [0.29, 0.717) is 11.8 Å². The van der Waals surface area contributed by atoms with E-state index in [-0.39, 0.29) is 18.0 Å². The molecule has 6 nitrogen and oxygen atoms in total. The Morgan fingerprint density at radius 2 is 2.16 bits per heavy atom. The quantitative estimate of drug-likeness (QED) is 0.738. The van der Waals surface area contributed by atoms with Crippen LogP contribution in [0, 0.1) is 0 Å². The number of fused-ring (bicyclic) bond motifs is 1. The molecule has 100 valence electrons. The topological polar surface area (TPSA) is 98.0 Å². The van der Waals surface area contributed by atoms with Crippen LogP contribution in [0.25, 0.3) is 10.9 Å². The molecule has 0 aliphatic rings. The fraction of sp³-hybridized carbons (Fsp3) is 0.308. The fourth-order valence-electron chi connectivity index (χ4n) is 1.70. The first-order valence-electron chi connectivity index (χ1n) is 6.00. The van der Waals surface area contributed by atoms with E-state index in [1.807, 2.05) is 12.1 Å². The molecule has 1 aromatic carbocycles. The Bertz CT molecular complexity index is 617. The highest BCUT2D eigenvalue weighted by Crippen LogP contribution is 2.35. The lowest BCUT2D eigenvalue weighted by Gasteiger charge is -1.98. The number of nitrogens with one attached hydrogen (secondary N) is 1. The summed E-state index contributed by atoms with van der Waals surface area (Å²) in [6, 6.07) is 7.21. The van der Waals surface area contributed by atoms with Gasteiger partial charge in [0.25, 0.3) is 5.91 Å². The minimum atomic E-state index is -0.541. The number of aliphatic hydroxyl groups excluding tert-OH is 1. The molecule has 0 unspecified atom stereocenters. The van der Waals surface area contributed by atoms with E-state index in [1.165, 1.54) is 0 Å². The number of H-pyrrole nitrogens is 1. The Morgan fingerprint density at radius 1 is 1.42 bits per heavy atom. The van der Waals surface area contributed by atoms with Gasteiger partial charge in [0.1, 0.15) is 0 Å². The van der Waals surface area contributed by atoms with E-state index in [2.05, 4.69) is 15.2 Å². The average Bonchev–Trinajstić information content (AvgIpc) is 2.69. The fourth-order valence-corrected chi connectivity index (χ4v) is 1.70. The van der Waals surface area contributed by atoms with Crippen molar-refractivity contribution in [2.45, 2.75) is 25.9 Å². The van der Waals surface area contributed by atoms with Crippen LogP contribution >= 0.6 is 0 Å². The van der Waals surface area contributed by atoms with E-state index in [9.17, 15) is 9.90 Å². The largest absolute Gasteiger partial charge is 0.493 e. The van der Waals surface area contributed by atoms with Crippen LogP contribution in [-0.4, -0.2) is 27.2 Å². The third kappa shape index (κ3) is 3.17. The maximum atomic E-state index is 11.4. The number of hydrogen-bond donors (Lipinski definition) is 3. The van der Waals surface area contributed by atoms with Crippen molar-refractivity contribution >= 4 is 22.5 Å². The van der Waals surface area contributed by atoms with Crippen molar-refractivity contribution in [2.24, 2.45) is 10.2 Å². The number of carbonyl (C=O) groups is 1. The van der Waals surface area contributed by atoms with Crippen molar-refractivity contribution < 1.29 is 15.0 Å². The monoisotopic (exact) mass is 261 g/mol. The van der Waals surface area contributed by atoms with Crippen LogP contribution in [0.15, 0.2) is 34.5 Å². The molecule has 2 rings (SSSR count). The van der Waals surface area contributed by atoms with Crippen LogP contribution in [0.1, 0.15) is 19.8 Å². The maximum absolute atomic E-state index is 11.4. The number of nitrogens with zero attached hydrogens (tertiary/aromatic N) is 2. The van der Waals surface area contributed by atoms with Gasteiger partial charge in [-0.3, -0.25) is 4.79 Å². The summed E-state index contributed by atoms with van der Waals surface area (Å²) in [6.45, 7) is 1.61. The van der Waals surface area contributed by atoms with Crippen molar-refractivity contribution in [1.82, 2.24) is 4.98 Å². The number of aromatic amines is 1. The molecule has 1 atom stereocenters. The Balaban J connectivity index is 2.17. The number of para-hydroxylation sites is 1. The Hall–Kier alpha value is -2.21. The van der Waals surface area contributed by atoms with Crippen LogP contribution in [0.5, 0.6) is 5.88 Å². The third-order valence-electron chi connectivity index (χ3n) is 2.70. The lowest BCUT2D eigenvalue weighted by molar-refractivity contribution is -0.118.